The minimum absolute atomic E-state index is 0.344. The Balaban J connectivity index is 1.76. The third-order valence-electron chi connectivity index (χ3n) is 3.53. The van der Waals surface area contributed by atoms with Crippen LogP contribution in [0.5, 0.6) is 0 Å². The number of ether oxygens (including phenoxy) is 1. The van der Waals surface area contributed by atoms with Crippen molar-refractivity contribution in [1.29, 1.82) is 0 Å². The van der Waals surface area contributed by atoms with Gasteiger partial charge in [0.15, 0.2) is 5.16 Å². The van der Waals surface area contributed by atoms with Crippen molar-refractivity contribution >= 4 is 17.7 Å². The Labute approximate surface area is 150 Å². The molecule has 2 heterocycles. The second kappa shape index (κ2) is 7.94. The summed E-state index contributed by atoms with van der Waals surface area (Å²) in [7, 11) is 0. The summed E-state index contributed by atoms with van der Waals surface area (Å²) in [5.41, 5.74) is 1.62. The van der Waals surface area contributed by atoms with Crippen LogP contribution in [0.3, 0.4) is 0 Å². The van der Waals surface area contributed by atoms with Crippen molar-refractivity contribution in [3.05, 3.63) is 65.6 Å². The zero-order chi connectivity index (χ0) is 17.6. The molecule has 0 unspecified atom stereocenters. The van der Waals surface area contributed by atoms with E-state index in [2.05, 4.69) is 27.3 Å². The normalized spacial score (nSPS) is 10.6. The molecular formula is C18H18N4O2S. The number of nitrogens with zero attached hydrogens (tertiary/aromatic N) is 4. The lowest BCUT2D eigenvalue weighted by Crippen LogP contribution is -2.05. The van der Waals surface area contributed by atoms with E-state index >= 15 is 0 Å². The molecule has 7 heteroatoms. The lowest BCUT2D eigenvalue weighted by molar-refractivity contribution is 0.0525. The number of rotatable bonds is 6. The summed E-state index contributed by atoms with van der Waals surface area (Å²) in [5.74, 6) is 0.476. The van der Waals surface area contributed by atoms with E-state index in [-0.39, 0.29) is 5.97 Å². The SMILES string of the molecule is CCOC(=O)c1ccc(Sc2nnc(C)n2Cc2ccccc2)nc1. The molecular weight excluding hydrogens is 336 g/mol. The van der Waals surface area contributed by atoms with Gasteiger partial charge in [-0.1, -0.05) is 30.3 Å². The third-order valence-corrected chi connectivity index (χ3v) is 4.46. The molecule has 0 N–H and O–H groups in total. The van der Waals surface area contributed by atoms with Crippen LogP contribution in [0.4, 0.5) is 0 Å². The molecule has 0 fully saturated rings. The van der Waals surface area contributed by atoms with Crippen LogP contribution in [-0.4, -0.2) is 32.3 Å². The van der Waals surface area contributed by atoms with E-state index in [9.17, 15) is 4.79 Å². The van der Waals surface area contributed by atoms with Crippen molar-refractivity contribution in [2.45, 2.75) is 30.6 Å². The van der Waals surface area contributed by atoms with Gasteiger partial charge in [-0.05, 0) is 43.3 Å². The van der Waals surface area contributed by atoms with Crippen molar-refractivity contribution in [3.8, 4) is 0 Å². The number of aromatic nitrogens is 4. The summed E-state index contributed by atoms with van der Waals surface area (Å²) in [6.07, 6.45) is 1.52. The standard InChI is InChI=1S/C18H18N4O2S/c1-3-24-17(23)15-9-10-16(19-11-15)25-18-21-20-13(2)22(18)12-14-7-5-4-6-8-14/h4-11H,3,12H2,1-2H3. The van der Waals surface area contributed by atoms with E-state index in [0.29, 0.717) is 18.7 Å². The quantitative estimate of drug-likeness (QED) is 0.632. The highest BCUT2D eigenvalue weighted by atomic mass is 32.2. The minimum atomic E-state index is -0.366. The first kappa shape index (κ1) is 17.2. The Kier molecular flexibility index (Phi) is 5.45. The van der Waals surface area contributed by atoms with Crippen LogP contribution in [0.2, 0.25) is 0 Å². The highest BCUT2D eigenvalue weighted by Crippen LogP contribution is 2.25. The van der Waals surface area contributed by atoms with Gasteiger partial charge in [0, 0.05) is 6.20 Å². The summed E-state index contributed by atoms with van der Waals surface area (Å²) >= 11 is 1.41. The Morgan fingerprint density at radius 3 is 2.64 bits per heavy atom. The summed E-state index contributed by atoms with van der Waals surface area (Å²) in [6.45, 7) is 4.74. The van der Waals surface area contributed by atoms with Crippen molar-refractivity contribution in [2.75, 3.05) is 6.61 Å². The summed E-state index contributed by atoms with van der Waals surface area (Å²) in [4.78, 5) is 16.0. The van der Waals surface area contributed by atoms with Gasteiger partial charge in [0.05, 0.1) is 18.7 Å². The molecule has 0 atom stereocenters. The van der Waals surface area contributed by atoms with Crippen molar-refractivity contribution in [3.63, 3.8) is 0 Å². The predicted molar refractivity (Wildman–Crippen MR) is 94.6 cm³/mol. The Hall–Kier alpha value is -2.67. The van der Waals surface area contributed by atoms with E-state index in [1.165, 1.54) is 23.5 Å². The number of benzene rings is 1. The second-order valence-electron chi connectivity index (χ2n) is 5.31. The molecule has 0 aliphatic rings. The molecule has 3 rings (SSSR count). The van der Waals surface area contributed by atoms with E-state index in [4.69, 9.17) is 4.74 Å². The maximum absolute atomic E-state index is 11.7. The van der Waals surface area contributed by atoms with Crippen molar-refractivity contribution in [2.24, 2.45) is 0 Å². The Bertz CT molecular complexity index is 847. The molecule has 2 aromatic heterocycles. The highest BCUT2D eigenvalue weighted by Gasteiger charge is 2.13. The molecule has 0 saturated carbocycles. The second-order valence-corrected chi connectivity index (χ2v) is 6.30. The largest absolute Gasteiger partial charge is 0.462 e. The third kappa shape index (κ3) is 4.24. The highest BCUT2D eigenvalue weighted by molar-refractivity contribution is 7.99. The summed E-state index contributed by atoms with van der Waals surface area (Å²) in [6, 6.07) is 13.6. The predicted octanol–water partition coefficient (Wildman–Crippen LogP) is 3.36. The molecule has 0 saturated heterocycles. The number of carbonyl (C=O) groups is 1. The van der Waals surface area contributed by atoms with Gasteiger partial charge in [0.1, 0.15) is 10.9 Å². The lowest BCUT2D eigenvalue weighted by Gasteiger charge is -2.08. The number of carbonyl (C=O) groups excluding carboxylic acids is 1. The van der Waals surface area contributed by atoms with E-state index in [0.717, 1.165) is 16.0 Å². The number of aryl methyl sites for hydroxylation is 1. The fourth-order valence-electron chi connectivity index (χ4n) is 2.25. The maximum Gasteiger partial charge on any atom is 0.339 e. The molecule has 25 heavy (non-hydrogen) atoms. The zero-order valence-corrected chi connectivity index (χ0v) is 14.9. The molecule has 0 radical (unpaired) electrons. The van der Waals surface area contributed by atoms with Crippen LogP contribution in [0, 0.1) is 6.92 Å². The van der Waals surface area contributed by atoms with Crippen LogP contribution < -0.4 is 0 Å². The van der Waals surface area contributed by atoms with Gasteiger partial charge >= 0.3 is 5.97 Å². The Morgan fingerprint density at radius 2 is 1.96 bits per heavy atom. The Morgan fingerprint density at radius 1 is 1.16 bits per heavy atom. The number of esters is 1. The van der Waals surface area contributed by atoms with E-state index < -0.39 is 0 Å². The van der Waals surface area contributed by atoms with Crippen LogP contribution in [0.25, 0.3) is 0 Å². The molecule has 6 nitrogen and oxygen atoms in total. The molecule has 0 bridgehead atoms. The summed E-state index contributed by atoms with van der Waals surface area (Å²) < 4.78 is 7.01. The first-order valence-electron chi connectivity index (χ1n) is 7.92. The van der Waals surface area contributed by atoms with Gasteiger partial charge in [0.25, 0.3) is 0 Å². The van der Waals surface area contributed by atoms with Gasteiger partial charge in [0.2, 0.25) is 0 Å². The molecule has 0 aliphatic heterocycles. The smallest absolute Gasteiger partial charge is 0.339 e. The van der Waals surface area contributed by atoms with Gasteiger partial charge in [-0.2, -0.15) is 0 Å². The average Bonchev–Trinajstić information content (AvgIpc) is 2.97. The zero-order valence-electron chi connectivity index (χ0n) is 14.0. The van der Waals surface area contributed by atoms with Gasteiger partial charge < -0.3 is 9.30 Å². The van der Waals surface area contributed by atoms with Gasteiger partial charge in [-0.25, -0.2) is 9.78 Å². The van der Waals surface area contributed by atoms with Crippen LogP contribution in [0.1, 0.15) is 28.7 Å². The number of pyridine rings is 1. The molecule has 0 aliphatic carbocycles. The topological polar surface area (TPSA) is 69.9 Å². The molecule has 1 aromatic carbocycles. The molecule has 3 aromatic rings. The first-order chi connectivity index (χ1) is 12.2. The fourth-order valence-corrected chi connectivity index (χ4v) is 3.07. The first-order valence-corrected chi connectivity index (χ1v) is 8.73. The van der Waals surface area contributed by atoms with Crippen molar-refractivity contribution < 1.29 is 9.53 Å². The van der Waals surface area contributed by atoms with Crippen LogP contribution in [-0.2, 0) is 11.3 Å². The maximum atomic E-state index is 11.7. The fraction of sp³-hybridized carbons (Fsp3) is 0.222. The monoisotopic (exact) mass is 354 g/mol. The lowest BCUT2D eigenvalue weighted by atomic mass is 10.2. The van der Waals surface area contributed by atoms with E-state index in [1.807, 2.05) is 29.7 Å². The number of hydrogen-bond acceptors (Lipinski definition) is 6. The van der Waals surface area contributed by atoms with Gasteiger partial charge in [-0.15, -0.1) is 10.2 Å². The van der Waals surface area contributed by atoms with Crippen LogP contribution >= 0.6 is 11.8 Å². The van der Waals surface area contributed by atoms with E-state index in [1.54, 1.807) is 19.1 Å². The molecule has 0 amide bonds. The average molecular weight is 354 g/mol. The number of hydrogen-bond donors (Lipinski definition) is 0. The summed E-state index contributed by atoms with van der Waals surface area (Å²) in [5, 5.41) is 9.91. The molecule has 128 valence electrons. The van der Waals surface area contributed by atoms with Gasteiger partial charge in [-0.3, -0.25) is 0 Å². The molecule has 0 spiro atoms. The minimum Gasteiger partial charge on any atom is -0.462 e. The van der Waals surface area contributed by atoms with Crippen LogP contribution in [0.15, 0.2) is 58.8 Å². The van der Waals surface area contributed by atoms with Crippen molar-refractivity contribution in [1.82, 2.24) is 19.7 Å².